The van der Waals surface area contributed by atoms with Crippen molar-refractivity contribution in [2.75, 3.05) is 0 Å². The summed E-state index contributed by atoms with van der Waals surface area (Å²) < 4.78 is 54.4. The smallest absolute Gasteiger partial charge is 0.419 e. The van der Waals surface area contributed by atoms with E-state index in [2.05, 4.69) is 0 Å². The molecule has 6 heteroatoms. The highest BCUT2D eigenvalue weighted by Gasteiger charge is 2.37. The van der Waals surface area contributed by atoms with Crippen LogP contribution >= 0.6 is 0 Å². The molecule has 0 spiro atoms. The normalized spacial score (nSPS) is 15.0. The van der Waals surface area contributed by atoms with Crippen LogP contribution in [0.25, 0.3) is 16.7 Å². The fourth-order valence-electron chi connectivity index (χ4n) is 3.48. The number of hydrogen-bond donors (Lipinski definition) is 1. The molecule has 3 rings (SSSR count). The minimum Gasteiger partial charge on any atom is -0.512 e. The zero-order valence-corrected chi connectivity index (χ0v) is 14.9. The van der Waals surface area contributed by atoms with E-state index < -0.39 is 17.6 Å². The molecule has 0 saturated carbocycles. The largest absolute Gasteiger partial charge is 0.512 e. The summed E-state index contributed by atoms with van der Waals surface area (Å²) in [7, 11) is 0. The van der Waals surface area contributed by atoms with Crippen LogP contribution in [-0.4, -0.2) is 10.9 Å². The first-order valence-corrected chi connectivity index (χ1v) is 8.60. The van der Waals surface area contributed by atoms with Gasteiger partial charge in [-0.25, -0.2) is 4.39 Å². The van der Waals surface area contributed by atoms with Crippen LogP contribution < -0.4 is 0 Å². The van der Waals surface area contributed by atoms with Gasteiger partial charge in [0.2, 0.25) is 0 Å². The molecule has 0 fully saturated rings. The number of carbonyl (C=O) groups is 1. The number of halogens is 4. The summed E-state index contributed by atoms with van der Waals surface area (Å²) in [6, 6.07) is 7.21. The average Bonchev–Trinajstić information content (AvgIpc) is 2.92. The maximum Gasteiger partial charge on any atom is 0.419 e. The number of rotatable bonds is 3. The number of aliphatic hydroxyl groups excluding tert-OH is 1. The van der Waals surface area contributed by atoms with Crippen molar-refractivity contribution in [2.45, 2.75) is 39.3 Å². The minimum atomic E-state index is -4.81. The van der Waals surface area contributed by atoms with Crippen LogP contribution in [-0.2, 0) is 17.4 Å². The SMILES string of the molecule is CCc1ccc(-c2ccc(C)c(C(F)(F)F)c2F)cc1C1=C(O)CCC1=O. The van der Waals surface area contributed by atoms with Gasteiger partial charge in [-0.15, -0.1) is 0 Å². The van der Waals surface area contributed by atoms with Crippen LogP contribution in [0.4, 0.5) is 17.6 Å². The Morgan fingerprint density at radius 1 is 1.07 bits per heavy atom. The molecule has 0 aromatic heterocycles. The van der Waals surface area contributed by atoms with Gasteiger partial charge in [-0.3, -0.25) is 4.79 Å². The van der Waals surface area contributed by atoms with Crippen LogP contribution in [0, 0.1) is 12.7 Å². The summed E-state index contributed by atoms with van der Waals surface area (Å²) in [6.45, 7) is 3.07. The van der Waals surface area contributed by atoms with E-state index in [1.54, 1.807) is 6.07 Å². The first-order valence-electron chi connectivity index (χ1n) is 8.60. The summed E-state index contributed by atoms with van der Waals surface area (Å²) in [5.41, 5.74) is -0.0620. The van der Waals surface area contributed by atoms with Crippen LogP contribution in [0.3, 0.4) is 0 Å². The average molecular weight is 378 g/mol. The molecule has 1 aliphatic rings. The minimum absolute atomic E-state index is 0.0350. The second kappa shape index (κ2) is 6.83. The van der Waals surface area contributed by atoms with Gasteiger partial charge in [-0.05, 0) is 41.7 Å². The van der Waals surface area contributed by atoms with Crippen molar-refractivity contribution in [3.63, 3.8) is 0 Å². The van der Waals surface area contributed by atoms with Crippen molar-refractivity contribution in [1.29, 1.82) is 0 Å². The molecule has 0 aliphatic heterocycles. The molecule has 0 radical (unpaired) electrons. The Labute approximate surface area is 154 Å². The van der Waals surface area contributed by atoms with Gasteiger partial charge in [0.1, 0.15) is 11.6 Å². The molecule has 0 heterocycles. The molecule has 0 bridgehead atoms. The van der Waals surface area contributed by atoms with Gasteiger partial charge >= 0.3 is 6.18 Å². The van der Waals surface area contributed by atoms with E-state index >= 15 is 0 Å². The Morgan fingerprint density at radius 3 is 2.33 bits per heavy atom. The third kappa shape index (κ3) is 3.36. The standard InChI is InChI=1S/C21H18F4O2/c1-3-12-5-6-13(10-15(12)18-16(26)8-9-17(18)27)14-7-4-11(2)19(20(14)22)21(23,24)25/h4-7,10,26H,3,8-9H2,1-2H3. The van der Waals surface area contributed by atoms with Gasteiger partial charge in [0, 0.05) is 18.4 Å². The van der Waals surface area contributed by atoms with E-state index in [4.69, 9.17) is 0 Å². The molecule has 0 unspecified atom stereocenters. The topological polar surface area (TPSA) is 37.3 Å². The predicted octanol–water partition coefficient (Wildman–Crippen LogP) is 6.01. The number of allylic oxidation sites excluding steroid dienone is 2. The lowest BCUT2D eigenvalue weighted by Crippen LogP contribution is -2.11. The maximum absolute atomic E-state index is 14.7. The van der Waals surface area contributed by atoms with E-state index in [-0.39, 0.29) is 46.6 Å². The van der Waals surface area contributed by atoms with Gasteiger partial charge < -0.3 is 5.11 Å². The zero-order valence-electron chi connectivity index (χ0n) is 14.9. The Bertz CT molecular complexity index is 955. The molecule has 142 valence electrons. The van der Waals surface area contributed by atoms with Gasteiger partial charge in [-0.1, -0.05) is 31.2 Å². The van der Waals surface area contributed by atoms with Gasteiger partial charge in [0.05, 0.1) is 11.1 Å². The van der Waals surface area contributed by atoms with E-state index in [0.717, 1.165) is 5.56 Å². The lowest BCUT2D eigenvalue weighted by atomic mass is 9.91. The molecule has 0 amide bonds. The van der Waals surface area contributed by atoms with Crippen LogP contribution in [0.2, 0.25) is 0 Å². The van der Waals surface area contributed by atoms with E-state index in [9.17, 15) is 27.5 Å². The number of alkyl halides is 3. The third-order valence-corrected chi connectivity index (χ3v) is 4.86. The highest BCUT2D eigenvalue weighted by atomic mass is 19.4. The molecule has 0 saturated heterocycles. The third-order valence-electron chi connectivity index (χ3n) is 4.86. The van der Waals surface area contributed by atoms with Gasteiger partial charge in [0.25, 0.3) is 0 Å². The van der Waals surface area contributed by atoms with Crippen LogP contribution in [0.1, 0.15) is 42.0 Å². The molecule has 1 aliphatic carbocycles. The quantitative estimate of drug-likeness (QED) is 0.664. The van der Waals surface area contributed by atoms with Gasteiger partial charge in [-0.2, -0.15) is 13.2 Å². The fraction of sp³-hybridized carbons (Fsp3) is 0.286. The summed E-state index contributed by atoms with van der Waals surface area (Å²) in [4.78, 5) is 12.2. The van der Waals surface area contributed by atoms with Crippen molar-refractivity contribution in [2.24, 2.45) is 0 Å². The number of hydrogen-bond acceptors (Lipinski definition) is 2. The van der Waals surface area contributed by atoms with Crippen molar-refractivity contribution >= 4 is 11.4 Å². The number of ketones is 1. The maximum atomic E-state index is 14.7. The summed E-state index contributed by atoms with van der Waals surface area (Å²) in [5, 5.41) is 10.1. The van der Waals surface area contributed by atoms with Crippen molar-refractivity contribution in [3.05, 3.63) is 64.2 Å². The highest BCUT2D eigenvalue weighted by Crippen LogP contribution is 2.39. The lowest BCUT2D eigenvalue weighted by Gasteiger charge is -2.16. The van der Waals surface area contributed by atoms with Crippen LogP contribution in [0.15, 0.2) is 36.1 Å². The molecule has 2 aromatic carbocycles. The Balaban J connectivity index is 2.22. The van der Waals surface area contributed by atoms with Crippen molar-refractivity contribution < 1.29 is 27.5 Å². The number of benzene rings is 2. The molecular formula is C21H18F4O2. The Kier molecular flexibility index (Phi) is 4.84. The Hall–Kier alpha value is -2.63. The van der Waals surface area contributed by atoms with Crippen molar-refractivity contribution in [3.8, 4) is 11.1 Å². The molecular weight excluding hydrogens is 360 g/mol. The van der Waals surface area contributed by atoms with E-state index in [1.807, 2.05) is 6.92 Å². The van der Waals surface area contributed by atoms with Gasteiger partial charge in [0.15, 0.2) is 5.78 Å². The first kappa shape index (κ1) is 19.1. The molecule has 1 N–H and O–H groups in total. The molecule has 2 nitrogen and oxygen atoms in total. The summed E-state index contributed by atoms with van der Waals surface area (Å²) in [5.74, 6) is -1.60. The number of aryl methyl sites for hydroxylation is 2. The molecule has 27 heavy (non-hydrogen) atoms. The zero-order chi connectivity index (χ0) is 19.9. The molecule has 2 aromatic rings. The number of carbonyl (C=O) groups excluding carboxylic acids is 1. The highest BCUT2D eigenvalue weighted by molar-refractivity contribution is 6.23. The first-order chi connectivity index (χ1) is 12.6. The Morgan fingerprint density at radius 2 is 1.78 bits per heavy atom. The molecule has 0 atom stereocenters. The van der Waals surface area contributed by atoms with E-state index in [0.29, 0.717) is 12.0 Å². The second-order valence-electron chi connectivity index (χ2n) is 6.59. The lowest BCUT2D eigenvalue weighted by molar-refractivity contribution is -0.140. The second-order valence-corrected chi connectivity index (χ2v) is 6.59. The van der Waals surface area contributed by atoms with E-state index in [1.165, 1.54) is 31.2 Å². The predicted molar refractivity (Wildman–Crippen MR) is 94.7 cm³/mol. The van der Waals surface area contributed by atoms with Crippen molar-refractivity contribution in [1.82, 2.24) is 0 Å². The summed E-state index contributed by atoms with van der Waals surface area (Å²) in [6.07, 6.45) is -3.83. The number of aliphatic hydroxyl groups is 1. The summed E-state index contributed by atoms with van der Waals surface area (Å²) >= 11 is 0. The monoisotopic (exact) mass is 378 g/mol. The fourth-order valence-corrected chi connectivity index (χ4v) is 3.48. The number of Topliss-reactive ketones (excluding diaryl/α,β-unsaturated/α-hetero) is 1. The van der Waals surface area contributed by atoms with Crippen LogP contribution in [0.5, 0.6) is 0 Å².